The van der Waals surface area contributed by atoms with Gasteiger partial charge in [0.25, 0.3) is 0 Å². The zero-order valence-corrected chi connectivity index (χ0v) is 16.0. The Labute approximate surface area is 163 Å². The molecule has 0 aliphatic rings. The van der Waals surface area contributed by atoms with Crippen molar-refractivity contribution < 1.29 is 13.5 Å². The number of aryl methyl sites for hydroxylation is 1. The Morgan fingerprint density at radius 3 is 2.36 bits per heavy atom. The minimum atomic E-state index is -1.78. The van der Waals surface area contributed by atoms with Crippen molar-refractivity contribution >= 4 is 0 Å². The molecular formula is C23H21FN2O2. The maximum absolute atomic E-state index is 14.0. The van der Waals surface area contributed by atoms with Gasteiger partial charge in [-0.25, -0.2) is 4.98 Å². The van der Waals surface area contributed by atoms with Crippen molar-refractivity contribution in [3.8, 4) is 39.9 Å². The van der Waals surface area contributed by atoms with E-state index in [0.717, 1.165) is 16.8 Å². The lowest BCUT2D eigenvalue weighted by molar-refractivity contribution is -0.0253. The molecule has 0 aliphatic carbocycles. The third kappa shape index (κ3) is 3.69. The van der Waals surface area contributed by atoms with Gasteiger partial charge in [-0.3, -0.25) is 0 Å². The average Bonchev–Trinajstić information content (AvgIpc) is 3.31. The second-order valence-corrected chi connectivity index (χ2v) is 7.09. The van der Waals surface area contributed by atoms with Crippen LogP contribution in [0.5, 0.6) is 5.75 Å². The number of nitrogens with one attached hydrogen (secondary N) is 1. The van der Waals surface area contributed by atoms with Crippen molar-refractivity contribution in [1.29, 1.82) is 0 Å². The molecule has 0 saturated carbocycles. The number of furan rings is 1. The summed E-state index contributed by atoms with van der Waals surface area (Å²) in [5.41, 5.74) is 3.87. The molecule has 142 valence electrons. The summed E-state index contributed by atoms with van der Waals surface area (Å²) >= 11 is 0. The molecule has 0 unspecified atom stereocenters. The first kappa shape index (κ1) is 18.0. The molecule has 4 aromatic rings. The van der Waals surface area contributed by atoms with Gasteiger partial charge in [0.05, 0.1) is 17.5 Å². The number of nitrogens with zero attached hydrogens (tertiary/aromatic N) is 1. The molecule has 0 fully saturated rings. The van der Waals surface area contributed by atoms with Gasteiger partial charge in [-0.15, -0.1) is 0 Å². The fraction of sp³-hybridized carbons (Fsp3) is 0.174. The van der Waals surface area contributed by atoms with Gasteiger partial charge in [-0.2, -0.15) is 4.39 Å². The van der Waals surface area contributed by atoms with Crippen LogP contribution < -0.4 is 4.74 Å². The number of imidazole rings is 1. The normalized spacial score (nSPS) is 11.6. The van der Waals surface area contributed by atoms with E-state index in [2.05, 4.69) is 23.0 Å². The molecule has 0 radical (unpaired) electrons. The smallest absolute Gasteiger partial charge is 0.242 e. The van der Waals surface area contributed by atoms with Gasteiger partial charge in [-0.05, 0) is 36.8 Å². The third-order valence-electron chi connectivity index (χ3n) is 4.36. The van der Waals surface area contributed by atoms with Crippen molar-refractivity contribution in [2.75, 3.05) is 0 Å². The fourth-order valence-corrected chi connectivity index (χ4v) is 3.09. The van der Waals surface area contributed by atoms with E-state index in [-0.39, 0.29) is 0 Å². The maximum Gasteiger partial charge on any atom is 0.242 e. The van der Waals surface area contributed by atoms with Crippen molar-refractivity contribution in [3.63, 3.8) is 0 Å². The lowest BCUT2D eigenvalue weighted by Crippen LogP contribution is -2.21. The molecule has 2 aromatic carbocycles. The Morgan fingerprint density at radius 2 is 1.61 bits per heavy atom. The van der Waals surface area contributed by atoms with Crippen LogP contribution in [0, 0.1) is 6.92 Å². The Balaban J connectivity index is 1.66. The van der Waals surface area contributed by atoms with E-state index >= 15 is 0 Å². The molecule has 0 atom stereocenters. The largest absolute Gasteiger partial charge is 0.458 e. The highest BCUT2D eigenvalue weighted by Crippen LogP contribution is 2.35. The molecule has 2 heterocycles. The molecule has 0 spiro atoms. The lowest BCUT2D eigenvalue weighted by atomic mass is 10.1. The summed E-state index contributed by atoms with van der Waals surface area (Å²) in [5.74, 6) is 0.465. The Hall–Kier alpha value is -3.34. The number of aromatic amines is 1. The third-order valence-corrected chi connectivity index (χ3v) is 4.36. The Kier molecular flexibility index (Phi) is 4.51. The number of benzene rings is 2. The van der Waals surface area contributed by atoms with E-state index < -0.39 is 5.85 Å². The van der Waals surface area contributed by atoms with Crippen LogP contribution in [-0.2, 0) is 0 Å². The van der Waals surface area contributed by atoms with Crippen molar-refractivity contribution in [1.82, 2.24) is 9.97 Å². The summed E-state index contributed by atoms with van der Waals surface area (Å²) < 4.78 is 25.4. The predicted octanol–water partition coefficient (Wildman–Crippen LogP) is 6.40. The molecular weight excluding hydrogens is 355 g/mol. The monoisotopic (exact) mass is 376 g/mol. The molecule has 28 heavy (non-hydrogen) atoms. The summed E-state index contributed by atoms with van der Waals surface area (Å²) in [6.45, 7) is 4.80. The summed E-state index contributed by atoms with van der Waals surface area (Å²) in [5, 5.41) is 0. The SMILES string of the molecule is Cc1ccccc1-c1cnc(-c2ccc(-c3ccccc3OC(C)(C)F)o2)[nH]1. The average molecular weight is 376 g/mol. The van der Waals surface area contributed by atoms with Gasteiger partial charge in [0.2, 0.25) is 5.85 Å². The number of para-hydroxylation sites is 1. The number of aromatic nitrogens is 2. The quantitative estimate of drug-likeness (QED) is 0.439. The van der Waals surface area contributed by atoms with Gasteiger partial charge in [0, 0.05) is 19.4 Å². The highest BCUT2D eigenvalue weighted by molar-refractivity contribution is 5.69. The van der Waals surface area contributed by atoms with E-state index in [4.69, 9.17) is 9.15 Å². The van der Waals surface area contributed by atoms with E-state index in [1.165, 1.54) is 13.8 Å². The molecule has 0 bridgehead atoms. The highest BCUT2D eigenvalue weighted by Gasteiger charge is 2.21. The first-order valence-corrected chi connectivity index (χ1v) is 9.09. The second kappa shape index (κ2) is 7.00. The van der Waals surface area contributed by atoms with Crippen LogP contribution in [0.2, 0.25) is 0 Å². The Bertz CT molecular complexity index is 1110. The number of H-pyrrole nitrogens is 1. The van der Waals surface area contributed by atoms with Crippen LogP contribution in [0.1, 0.15) is 19.4 Å². The molecule has 5 heteroatoms. The predicted molar refractivity (Wildman–Crippen MR) is 108 cm³/mol. The molecule has 1 N–H and O–H groups in total. The maximum atomic E-state index is 14.0. The number of hydrogen-bond acceptors (Lipinski definition) is 3. The lowest BCUT2D eigenvalue weighted by Gasteiger charge is -2.18. The molecule has 0 aliphatic heterocycles. The first-order valence-electron chi connectivity index (χ1n) is 9.09. The molecule has 0 amide bonds. The number of hydrogen-bond donors (Lipinski definition) is 1. The number of alkyl halides is 1. The molecule has 4 rings (SSSR count). The van der Waals surface area contributed by atoms with Gasteiger partial charge < -0.3 is 14.1 Å². The highest BCUT2D eigenvalue weighted by atomic mass is 19.2. The minimum Gasteiger partial charge on any atom is -0.458 e. The van der Waals surface area contributed by atoms with E-state index in [0.29, 0.717) is 28.7 Å². The van der Waals surface area contributed by atoms with Crippen molar-refractivity contribution in [2.45, 2.75) is 26.6 Å². The van der Waals surface area contributed by atoms with Crippen molar-refractivity contribution in [2.24, 2.45) is 0 Å². The van der Waals surface area contributed by atoms with Crippen LogP contribution in [-0.4, -0.2) is 15.8 Å². The standard InChI is InChI=1S/C23H21FN2O2/c1-15-8-4-5-9-16(15)18-14-25-22(26-18)21-13-12-19(27-21)17-10-6-7-11-20(17)28-23(2,3)24/h4-14H,1-3H3,(H,25,26). The molecule has 4 nitrogen and oxygen atoms in total. The summed E-state index contributed by atoms with van der Waals surface area (Å²) in [6.07, 6.45) is 1.79. The molecule has 2 aromatic heterocycles. The summed E-state index contributed by atoms with van der Waals surface area (Å²) in [4.78, 5) is 7.76. The van der Waals surface area contributed by atoms with Crippen LogP contribution in [0.25, 0.3) is 34.2 Å². The summed E-state index contributed by atoms with van der Waals surface area (Å²) in [6, 6.07) is 19.0. The van der Waals surface area contributed by atoms with Gasteiger partial charge in [-0.1, -0.05) is 36.4 Å². The van der Waals surface area contributed by atoms with Gasteiger partial charge >= 0.3 is 0 Å². The summed E-state index contributed by atoms with van der Waals surface area (Å²) in [7, 11) is 0. The van der Waals surface area contributed by atoms with Crippen LogP contribution >= 0.6 is 0 Å². The van der Waals surface area contributed by atoms with Crippen molar-refractivity contribution in [3.05, 3.63) is 72.4 Å². The van der Waals surface area contributed by atoms with E-state index in [1.54, 1.807) is 18.3 Å². The zero-order valence-electron chi connectivity index (χ0n) is 16.0. The second-order valence-electron chi connectivity index (χ2n) is 7.09. The topological polar surface area (TPSA) is 51.1 Å². The zero-order chi connectivity index (χ0) is 19.7. The van der Waals surface area contributed by atoms with Crippen LogP contribution in [0.3, 0.4) is 0 Å². The minimum absolute atomic E-state index is 0.427. The number of halogens is 1. The Morgan fingerprint density at radius 1 is 0.929 bits per heavy atom. The fourth-order valence-electron chi connectivity index (χ4n) is 3.09. The van der Waals surface area contributed by atoms with Gasteiger partial charge in [0.15, 0.2) is 11.6 Å². The van der Waals surface area contributed by atoms with Crippen LogP contribution in [0.4, 0.5) is 4.39 Å². The molecule has 0 saturated heterocycles. The number of ether oxygens (including phenoxy) is 1. The first-order chi connectivity index (χ1) is 13.4. The number of rotatable bonds is 5. The van der Waals surface area contributed by atoms with E-state index in [9.17, 15) is 4.39 Å². The van der Waals surface area contributed by atoms with Gasteiger partial charge in [0.1, 0.15) is 11.5 Å². The van der Waals surface area contributed by atoms with Crippen LogP contribution in [0.15, 0.2) is 71.3 Å². The van der Waals surface area contributed by atoms with E-state index in [1.807, 2.05) is 42.5 Å².